The minimum absolute atomic E-state index is 0.0350. The first-order valence-electron chi connectivity index (χ1n) is 10.1. The highest BCUT2D eigenvalue weighted by Gasteiger charge is 2.31. The van der Waals surface area contributed by atoms with E-state index in [1.54, 1.807) is 6.92 Å². The number of methoxy groups -OCH3 is 1. The van der Waals surface area contributed by atoms with Crippen LogP contribution in [0.2, 0.25) is 0 Å². The topological polar surface area (TPSA) is 82.8 Å². The Morgan fingerprint density at radius 2 is 1.37 bits per heavy atom. The molecule has 0 fully saturated rings. The molecular formula is C23H32O6S. The Morgan fingerprint density at radius 1 is 0.867 bits per heavy atom. The van der Waals surface area contributed by atoms with E-state index in [0.717, 1.165) is 5.56 Å². The molecule has 166 valence electrons. The highest BCUT2D eigenvalue weighted by molar-refractivity contribution is 7.87. The van der Waals surface area contributed by atoms with Gasteiger partial charge < -0.3 is 13.3 Å². The van der Waals surface area contributed by atoms with Gasteiger partial charge in [0.05, 0.1) is 18.2 Å². The van der Waals surface area contributed by atoms with E-state index in [0.29, 0.717) is 16.7 Å². The fourth-order valence-corrected chi connectivity index (χ4v) is 5.07. The molecule has 2 aromatic rings. The van der Waals surface area contributed by atoms with Gasteiger partial charge in [0.1, 0.15) is 4.90 Å². The van der Waals surface area contributed by atoms with Crippen LogP contribution in [-0.4, -0.2) is 15.5 Å². The molecule has 1 aromatic heterocycles. The summed E-state index contributed by atoms with van der Waals surface area (Å²) in [5, 5.41) is 0. The molecule has 0 unspecified atom stereocenters. The number of hydrogen-bond donors (Lipinski definition) is 0. The lowest BCUT2D eigenvalue weighted by Gasteiger charge is -2.23. The monoisotopic (exact) mass is 436 g/mol. The molecule has 0 amide bonds. The lowest BCUT2D eigenvalue weighted by molar-refractivity contribution is 0.278. The van der Waals surface area contributed by atoms with Gasteiger partial charge in [0.25, 0.3) is 5.95 Å². The summed E-state index contributed by atoms with van der Waals surface area (Å²) in [6, 6.07) is 3.88. The molecular weight excluding hydrogens is 404 g/mol. The molecule has 0 aliphatic carbocycles. The first kappa shape index (κ1) is 24.0. The SMILES string of the molecule is COc1oc(=O)c(C)c(OS(=O)(=O)c2c(C(C)C)cc(C(C)C)cc2C(C)C)c1C. The third-order valence-corrected chi connectivity index (χ3v) is 6.54. The largest absolute Gasteiger partial charge is 0.468 e. The highest BCUT2D eigenvalue weighted by Crippen LogP contribution is 2.38. The molecule has 30 heavy (non-hydrogen) atoms. The Kier molecular flexibility index (Phi) is 7.07. The summed E-state index contributed by atoms with van der Waals surface area (Å²) in [4.78, 5) is 12.3. The summed E-state index contributed by atoms with van der Waals surface area (Å²) in [5.74, 6) is 0.0593. The van der Waals surface area contributed by atoms with Gasteiger partial charge in [-0.15, -0.1) is 0 Å². The van der Waals surface area contributed by atoms with Crippen LogP contribution in [0.1, 0.15) is 87.1 Å². The summed E-state index contributed by atoms with van der Waals surface area (Å²) in [6.45, 7) is 15.1. The molecule has 1 aromatic carbocycles. The van der Waals surface area contributed by atoms with Crippen LogP contribution >= 0.6 is 0 Å². The minimum Gasteiger partial charge on any atom is -0.468 e. The van der Waals surface area contributed by atoms with Crippen LogP contribution in [0.15, 0.2) is 26.2 Å². The predicted octanol–water partition coefficient (Wildman–Crippen LogP) is 5.40. The molecule has 0 radical (unpaired) electrons. The number of ether oxygens (including phenoxy) is 1. The summed E-state index contributed by atoms with van der Waals surface area (Å²) in [6.07, 6.45) is 0. The first-order valence-corrected chi connectivity index (χ1v) is 11.5. The molecule has 6 nitrogen and oxygen atoms in total. The van der Waals surface area contributed by atoms with Gasteiger partial charge in [-0.1, -0.05) is 53.7 Å². The molecule has 1 heterocycles. The molecule has 0 bridgehead atoms. The van der Waals surface area contributed by atoms with Gasteiger partial charge in [-0.05, 0) is 48.3 Å². The number of rotatable bonds is 7. The van der Waals surface area contributed by atoms with Crippen molar-refractivity contribution in [1.29, 1.82) is 0 Å². The van der Waals surface area contributed by atoms with Crippen molar-refractivity contribution in [2.45, 2.75) is 78.0 Å². The van der Waals surface area contributed by atoms with Gasteiger partial charge in [-0.25, -0.2) is 4.79 Å². The Labute approximate surface area is 179 Å². The molecule has 0 saturated heterocycles. The third kappa shape index (κ3) is 4.56. The minimum atomic E-state index is -4.23. The quantitative estimate of drug-likeness (QED) is 0.540. The standard InChI is InChI=1S/C23H32O6S/c1-12(2)17-10-18(13(3)4)21(19(11-17)14(5)6)30(25,26)29-20-15(7)22(24)28-23(27-9)16(20)8/h10-14H,1-9H3. The fraction of sp³-hybridized carbons (Fsp3) is 0.522. The Bertz CT molecular complexity index is 1060. The molecule has 0 spiro atoms. The zero-order valence-corrected chi connectivity index (χ0v) is 20.1. The van der Waals surface area contributed by atoms with E-state index in [1.807, 2.05) is 39.8 Å². The van der Waals surface area contributed by atoms with E-state index in [4.69, 9.17) is 13.3 Å². The normalized spacial score (nSPS) is 12.1. The van der Waals surface area contributed by atoms with Crippen molar-refractivity contribution < 1.29 is 21.8 Å². The molecule has 0 saturated carbocycles. The molecule has 0 aliphatic heterocycles. The maximum absolute atomic E-state index is 13.6. The van der Waals surface area contributed by atoms with E-state index in [-0.39, 0.29) is 39.9 Å². The van der Waals surface area contributed by atoms with Crippen molar-refractivity contribution in [3.05, 3.63) is 50.4 Å². The van der Waals surface area contributed by atoms with Crippen LogP contribution in [0.4, 0.5) is 0 Å². The van der Waals surface area contributed by atoms with E-state index in [9.17, 15) is 13.2 Å². The summed E-state index contributed by atoms with van der Waals surface area (Å²) < 4.78 is 42.8. The second kappa shape index (κ2) is 8.84. The number of hydrogen-bond acceptors (Lipinski definition) is 6. The van der Waals surface area contributed by atoms with Gasteiger partial charge in [0.15, 0.2) is 5.75 Å². The van der Waals surface area contributed by atoms with E-state index in [1.165, 1.54) is 14.0 Å². The number of benzene rings is 1. The first-order chi connectivity index (χ1) is 13.8. The zero-order chi connectivity index (χ0) is 23.0. The van der Waals surface area contributed by atoms with E-state index >= 15 is 0 Å². The fourth-order valence-electron chi connectivity index (χ4n) is 3.35. The van der Waals surface area contributed by atoms with Crippen LogP contribution in [0.3, 0.4) is 0 Å². The average molecular weight is 437 g/mol. The van der Waals surface area contributed by atoms with Crippen LogP contribution in [0, 0.1) is 13.8 Å². The van der Waals surface area contributed by atoms with Gasteiger partial charge in [0.2, 0.25) is 0 Å². The van der Waals surface area contributed by atoms with Crippen molar-refractivity contribution in [2.75, 3.05) is 7.11 Å². The average Bonchev–Trinajstić information content (AvgIpc) is 2.66. The predicted molar refractivity (Wildman–Crippen MR) is 118 cm³/mol. The van der Waals surface area contributed by atoms with Crippen LogP contribution in [-0.2, 0) is 10.1 Å². The van der Waals surface area contributed by atoms with Crippen molar-refractivity contribution in [3.8, 4) is 11.7 Å². The van der Waals surface area contributed by atoms with Crippen LogP contribution < -0.4 is 14.5 Å². The van der Waals surface area contributed by atoms with Crippen molar-refractivity contribution in [1.82, 2.24) is 0 Å². The van der Waals surface area contributed by atoms with Crippen molar-refractivity contribution in [2.24, 2.45) is 0 Å². The third-order valence-electron chi connectivity index (χ3n) is 5.19. The summed E-state index contributed by atoms with van der Waals surface area (Å²) >= 11 is 0. The smallest absolute Gasteiger partial charge is 0.345 e. The second-order valence-corrected chi connectivity index (χ2v) is 9.97. The van der Waals surface area contributed by atoms with Gasteiger partial charge in [-0.2, -0.15) is 8.42 Å². The van der Waals surface area contributed by atoms with Crippen molar-refractivity contribution >= 4 is 10.1 Å². The van der Waals surface area contributed by atoms with Crippen LogP contribution in [0.5, 0.6) is 11.7 Å². The maximum Gasteiger partial charge on any atom is 0.345 e. The van der Waals surface area contributed by atoms with E-state index in [2.05, 4.69) is 13.8 Å². The molecule has 0 aliphatic rings. The Morgan fingerprint density at radius 3 is 1.77 bits per heavy atom. The molecule has 2 rings (SSSR count). The molecule has 0 atom stereocenters. The second-order valence-electron chi connectivity index (χ2n) is 8.49. The zero-order valence-electron chi connectivity index (χ0n) is 19.2. The lowest BCUT2D eigenvalue weighted by atomic mass is 9.89. The van der Waals surface area contributed by atoms with Gasteiger partial charge >= 0.3 is 15.7 Å². The van der Waals surface area contributed by atoms with Gasteiger partial charge in [0, 0.05) is 0 Å². The van der Waals surface area contributed by atoms with E-state index < -0.39 is 15.7 Å². The van der Waals surface area contributed by atoms with Crippen molar-refractivity contribution in [3.63, 3.8) is 0 Å². The summed E-state index contributed by atoms with van der Waals surface area (Å²) in [7, 11) is -2.89. The highest BCUT2D eigenvalue weighted by atomic mass is 32.2. The van der Waals surface area contributed by atoms with Gasteiger partial charge in [-0.3, -0.25) is 0 Å². The lowest BCUT2D eigenvalue weighted by Crippen LogP contribution is -2.20. The Hall–Kier alpha value is -2.28. The molecule has 0 N–H and O–H groups in total. The maximum atomic E-state index is 13.6. The van der Waals surface area contributed by atoms with Crippen LogP contribution in [0.25, 0.3) is 0 Å². The molecule has 7 heteroatoms. The Balaban J connectivity index is 2.81. The summed E-state index contributed by atoms with van der Waals surface area (Å²) in [5.41, 5.74) is 2.18.